The molecule has 0 spiro atoms. The molecule has 52 heavy (non-hydrogen) atoms. The Labute approximate surface area is 302 Å². The molecule has 240 valence electrons. The molecule has 0 atom stereocenters. The van der Waals surface area contributed by atoms with Crippen LogP contribution in [0.25, 0.3) is 110 Å². The van der Waals surface area contributed by atoms with Crippen molar-refractivity contribution >= 4 is 43.1 Å². The van der Waals surface area contributed by atoms with E-state index in [1.165, 1.54) is 110 Å². The van der Waals surface area contributed by atoms with Gasteiger partial charge in [-0.25, -0.2) is 0 Å². The monoisotopic (exact) mass is 656 g/mol. The molecule has 0 unspecified atom stereocenters. The molecule has 0 bridgehead atoms. The molecule has 0 radical (unpaired) electrons. The molecule has 0 heteroatoms. The van der Waals surface area contributed by atoms with Gasteiger partial charge in [-0.05, 0) is 110 Å². The second kappa shape index (κ2) is 11.4. The third-order valence-electron chi connectivity index (χ3n) is 11.2. The number of benzene rings is 10. The van der Waals surface area contributed by atoms with Gasteiger partial charge in [0.25, 0.3) is 0 Å². The molecule has 1 aliphatic carbocycles. The van der Waals surface area contributed by atoms with E-state index in [0.29, 0.717) is 0 Å². The van der Waals surface area contributed by atoms with E-state index in [9.17, 15) is 0 Å². The van der Waals surface area contributed by atoms with Gasteiger partial charge in [-0.2, -0.15) is 0 Å². The zero-order chi connectivity index (χ0) is 34.2. The topological polar surface area (TPSA) is 0 Å². The van der Waals surface area contributed by atoms with Gasteiger partial charge in [-0.1, -0.05) is 194 Å². The lowest BCUT2D eigenvalue weighted by atomic mass is 9.80. The first-order valence-electron chi connectivity index (χ1n) is 18.1. The van der Waals surface area contributed by atoms with Gasteiger partial charge in [0, 0.05) is 0 Å². The molecular weight excluding hydrogens is 625 g/mol. The Hall–Kier alpha value is -6.76. The van der Waals surface area contributed by atoms with Crippen LogP contribution in [0, 0.1) is 0 Å². The van der Waals surface area contributed by atoms with Gasteiger partial charge in [0.05, 0.1) is 0 Å². The third-order valence-corrected chi connectivity index (χ3v) is 11.2. The minimum atomic E-state index is 1.22. The molecule has 0 aromatic heterocycles. The van der Waals surface area contributed by atoms with Crippen LogP contribution in [0.5, 0.6) is 0 Å². The minimum absolute atomic E-state index is 1.22. The summed E-state index contributed by atoms with van der Waals surface area (Å²) >= 11 is 0. The van der Waals surface area contributed by atoms with Crippen molar-refractivity contribution in [3.63, 3.8) is 0 Å². The van der Waals surface area contributed by atoms with Crippen LogP contribution in [0.4, 0.5) is 0 Å². The second-order valence-corrected chi connectivity index (χ2v) is 13.9. The summed E-state index contributed by atoms with van der Waals surface area (Å²) < 4.78 is 0. The predicted molar refractivity (Wildman–Crippen MR) is 223 cm³/mol. The maximum atomic E-state index is 2.38. The van der Waals surface area contributed by atoms with Gasteiger partial charge >= 0.3 is 0 Å². The lowest BCUT2D eigenvalue weighted by molar-refractivity contribution is 1.62. The van der Waals surface area contributed by atoms with E-state index in [0.717, 1.165) is 0 Å². The second-order valence-electron chi connectivity index (χ2n) is 13.9. The molecular formula is C52H32. The Bertz CT molecular complexity index is 2950. The summed E-state index contributed by atoms with van der Waals surface area (Å²) in [7, 11) is 0. The Kier molecular flexibility index (Phi) is 6.35. The molecule has 0 fully saturated rings. The summed E-state index contributed by atoms with van der Waals surface area (Å²) in [6.45, 7) is 0. The summed E-state index contributed by atoms with van der Waals surface area (Å²) in [5.41, 5.74) is 15.3. The Balaban J connectivity index is 1.29. The highest BCUT2D eigenvalue weighted by Crippen LogP contribution is 2.52. The van der Waals surface area contributed by atoms with Crippen LogP contribution in [0.2, 0.25) is 0 Å². The van der Waals surface area contributed by atoms with Gasteiger partial charge < -0.3 is 0 Å². The molecule has 10 aromatic rings. The van der Waals surface area contributed by atoms with E-state index >= 15 is 0 Å². The average molecular weight is 657 g/mol. The lowest BCUT2D eigenvalue weighted by Crippen LogP contribution is -1.95. The maximum Gasteiger partial charge on any atom is -0.00139 e. The molecule has 0 saturated carbocycles. The Morgan fingerprint density at radius 1 is 0.192 bits per heavy atom. The molecule has 0 aliphatic heterocycles. The first-order chi connectivity index (χ1) is 25.8. The van der Waals surface area contributed by atoms with Crippen LogP contribution < -0.4 is 0 Å². The summed E-state index contributed by atoms with van der Waals surface area (Å²) in [5.74, 6) is 0. The molecule has 0 amide bonds. The zero-order valence-corrected chi connectivity index (χ0v) is 28.5. The van der Waals surface area contributed by atoms with Crippen LogP contribution in [0.15, 0.2) is 194 Å². The highest BCUT2D eigenvalue weighted by molar-refractivity contribution is 6.28. The minimum Gasteiger partial charge on any atom is -0.0622 e. The first-order valence-corrected chi connectivity index (χ1v) is 18.1. The lowest BCUT2D eigenvalue weighted by Gasteiger charge is -2.22. The van der Waals surface area contributed by atoms with E-state index in [1.54, 1.807) is 0 Å². The van der Waals surface area contributed by atoms with Gasteiger partial charge in [0.15, 0.2) is 0 Å². The summed E-state index contributed by atoms with van der Waals surface area (Å²) in [4.78, 5) is 0. The number of rotatable bonds is 3. The predicted octanol–water partition coefficient (Wildman–Crippen LogP) is 14.6. The SMILES string of the molecule is c1ccc(-c2ccc3ccccc3c2-c2c3ccccc3c(-c3ccc4c5c(cccc35)-c3ccccc3-c3ccccc3-4)c3ccccc23)cc1. The van der Waals surface area contributed by atoms with Crippen LogP contribution in [0.3, 0.4) is 0 Å². The highest BCUT2D eigenvalue weighted by Gasteiger charge is 2.25. The fourth-order valence-electron chi connectivity index (χ4n) is 9.07. The van der Waals surface area contributed by atoms with Crippen molar-refractivity contribution in [2.45, 2.75) is 0 Å². The van der Waals surface area contributed by atoms with Crippen molar-refractivity contribution in [3.8, 4) is 66.8 Å². The number of hydrogen-bond acceptors (Lipinski definition) is 0. The summed E-state index contributed by atoms with van der Waals surface area (Å²) in [6, 6.07) is 71.9. The largest absolute Gasteiger partial charge is 0.0622 e. The van der Waals surface area contributed by atoms with Crippen LogP contribution in [-0.4, -0.2) is 0 Å². The quantitative estimate of drug-likeness (QED) is 0.166. The van der Waals surface area contributed by atoms with Crippen molar-refractivity contribution in [1.82, 2.24) is 0 Å². The molecule has 1 aliphatic rings. The van der Waals surface area contributed by atoms with Gasteiger partial charge in [-0.3, -0.25) is 0 Å². The molecule has 0 heterocycles. The number of hydrogen-bond donors (Lipinski definition) is 0. The molecule has 10 aromatic carbocycles. The molecule has 0 nitrogen and oxygen atoms in total. The van der Waals surface area contributed by atoms with Crippen molar-refractivity contribution < 1.29 is 0 Å². The molecule has 11 rings (SSSR count). The van der Waals surface area contributed by atoms with Crippen molar-refractivity contribution in [2.24, 2.45) is 0 Å². The Morgan fingerprint density at radius 2 is 0.615 bits per heavy atom. The zero-order valence-electron chi connectivity index (χ0n) is 28.5. The van der Waals surface area contributed by atoms with Crippen molar-refractivity contribution in [2.75, 3.05) is 0 Å². The summed E-state index contributed by atoms with van der Waals surface area (Å²) in [6.07, 6.45) is 0. The van der Waals surface area contributed by atoms with E-state index < -0.39 is 0 Å². The normalized spacial score (nSPS) is 11.8. The van der Waals surface area contributed by atoms with Crippen LogP contribution in [-0.2, 0) is 0 Å². The molecule has 0 N–H and O–H groups in total. The highest BCUT2D eigenvalue weighted by atomic mass is 14.3. The average Bonchev–Trinajstić information content (AvgIpc) is 3.34. The standard InChI is InChI=1S/C52H32/c1-2-15-33(16-3-1)36-30-29-34-17-4-5-18-35(34)51(36)52-45-25-12-10-23-42(45)50(43-24-11-13-26-46(43)52)48-32-31-47-40-22-9-7-20-38(40)37-19-6-8-21-39(37)41-27-14-28-44(48)49(41)47/h1-32H. The number of fused-ring (bicyclic) bond motifs is 8. The van der Waals surface area contributed by atoms with Gasteiger partial charge in [0.2, 0.25) is 0 Å². The first kappa shape index (κ1) is 29.0. The van der Waals surface area contributed by atoms with E-state index in [1.807, 2.05) is 0 Å². The fourth-order valence-corrected chi connectivity index (χ4v) is 9.07. The Morgan fingerprint density at radius 3 is 1.25 bits per heavy atom. The smallest absolute Gasteiger partial charge is 0.00139 e. The van der Waals surface area contributed by atoms with Crippen molar-refractivity contribution in [1.29, 1.82) is 0 Å². The summed E-state index contributed by atoms with van der Waals surface area (Å²) in [5, 5.41) is 10.2. The van der Waals surface area contributed by atoms with Crippen LogP contribution >= 0.6 is 0 Å². The molecule has 0 saturated heterocycles. The maximum absolute atomic E-state index is 2.38. The van der Waals surface area contributed by atoms with Crippen molar-refractivity contribution in [3.05, 3.63) is 194 Å². The van der Waals surface area contributed by atoms with E-state index in [4.69, 9.17) is 0 Å². The third kappa shape index (κ3) is 4.16. The van der Waals surface area contributed by atoms with Gasteiger partial charge in [0.1, 0.15) is 0 Å². The van der Waals surface area contributed by atoms with Crippen LogP contribution in [0.1, 0.15) is 0 Å². The van der Waals surface area contributed by atoms with E-state index in [2.05, 4.69) is 194 Å². The fraction of sp³-hybridized carbons (Fsp3) is 0. The van der Waals surface area contributed by atoms with E-state index in [-0.39, 0.29) is 0 Å². The van der Waals surface area contributed by atoms with Gasteiger partial charge in [-0.15, -0.1) is 0 Å².